The van der Waals surface area contributed by atoms with Gasteiger partial charge < -0.3 is 14.9 Å². The summed E-state index contributed by atoms with van der Waals surface area (Å²) in [5.74, 6) is 5.84. The smallest absolute Gasteiger partial charge is 0.303 e. The lowest BCUT2D eigenvalue weighted by Crippen LogP contribution is -2.22. The minimum atomic E-state index is -0.894. The van der Waals surface area contributed by atoms with Gasteiger partial charge in [-0.25, -0.2) is 0 Å². The van der Waals surface area contributed by atoms with Gasteiger partial charge in [0.1, 0.15) is 5.75 Å². The molecule has 0 amide bonds. The predicted octanol–water partition coefficient (Wildman–Crippen LogP) is 3.54. The average Bonchev–Trinajstić information content (AvgIpc) is 3.01. The van der Waals surface area contributed by atoms with Gasteiger partial charge in [0.05, 0.1) is 12.5 Å². The number of hydrogen-bond acceptors (Lipinski definition) is 3. The van der Waals surface area contributed by atoms with Crippen LogP contribution in [-0.4, -0.2) is 28.4 Å². The SMILES string of the molecule is O=C(O)CC1C(O)CCC1C#CC(Cc1ccccc1)Oc1ccccc1. The molecule has 0 aromatic heterocycles. The molecular formula is C23H24O4. The largest absolute Gasteiger partial charge is 0.481 e. The second-order valence-electron chi connectivity index (χ2n) is 6.91. The minimum absolute atomic E-state index is 0.0522. The molecule has 4 nitrogen and oxygen atoms in total. The van der Waals surface area contributed by atoms with Crippen LogP contribution >= 0.6 is 0 Å². The summed E-state index contributed by atoms with van der Waals surface area (Å²) in [6, 6.07) is 19.6. The first-order chi connectivity index (χ1) is 13.1. The van der Waals surface area contributed by atoms with Crippen LogP contribution in [0, 0.1) is 23.7 Å². The Hall–Kier alpha value is -2.77. The lowest BCUT2D eigenvalue weighted by atomic mass is 9.91. The van der Waals surface area contributed by atoms with E-state index in [2.05, 4.69) is 11.8 Å². The third-order valence-corrected chi connectivity index (χ3v) is 4.91. The van der Waals surface area contributed by atoms with Crippen molar-refractivity contribution >= 4 is 5.97 Å². The molecule has 140 valence electrons. The van der Waals surface area contributed by atoms with Crippen LogP contribution in [-0.2, 0) is 11.2 Å². The summed E-state index contributed by atoms with van der Waals surface area (Å²) in [5, 5.41) is 19.2. The molecule has 4 heteroatoms. The Morgan fingerprint density at radius 1 is 1.07 bits per heavy atom. The zero-order valence-electron chi connectivity index (χ0n) is 15.1. The maximum absolute atomic E-state index is 11.1. The van der Waals surface area contributed by atoms with Crippen molar-refractivity contribution in [2.75, 3.05) is 0 Å². The lowest BCUT2D eigenvalue weighted by molar-refractivity contribution is -0.139. The highest BCUT2D eigenvalue weighted by atomic mass is 16.5. The number of carboxylic acid groups (broad SMARTS) is 1. The number of ether oxygens (including phenoxy) is 1. The highest BCUT2D eigenvalue weighted by Crippen LogP contribution is 2.34. The molecule has 4 unspecified atom stereocenters. The number of aliphatic hydroxyl groups excluding tert-OH is 1. The van der Waals surface area contributed by atoms with E-state index in [0.29, 0.717) is 12.8 Å². The fourth-order valence-corrected chi connectivity index (χ4v) is 3.52. The second kappa shape index (κ2) is 9.25. The van der Waals surface area contributed by atoms with Crippen molar-refractivity contribution in [1.82, 2.24) is 0 Å². The number of aliphatic carboxylic acids is 1. The van der Waals surface area contributed by atoms with Crippen LogP contribution in [0.2, 0.25) is 0 Å². The molecule has 3 rings (SSSR count). The highest BCUT2D eigenvalue weighted by molar-refractivity contribution is 5.67. The molecule has 1 saturated carbocycles. The van der Waals surface area contributed by atoms with Crippen LogP contribution < -0.4 is 4.74 Å². The van der Waals surface area contributed by atoms with Crippen molar-refractivity contribution in [3.63, 3.8) is 0 Å². The van der Waals surface area contributed by atoms with Gasteiger partial charge in [-0.2, -0.15) is 0 Å². The van der Waals surface area contributed by atoms with Gasteiger partial charge >= 0.3 is 5.97 Å². The van der Waals surface area contributed by atoms with Crippen LogP contribution in [0.5, 0.6) is 5.75 Å². The van der Waals surface area contributed by atoms with Gasteiger partial charge in [0.25, 0.3) is 0 Å². The molecule has 0 aliphatic heterocycles. The van der Waals surface area contributed by atoms with Gasteiger partial charge in [-0.3, -0.25) is 4.79 Å². The molecule has 2 aromatic rings. The third-order valence-electron chi connectivity index (χ3n) is 4.91. The highest BCUT2D eigenvalue weighted by Gasteiger charge is 2.35. The molecule has 1 aliphatic carbocycles. The van der Waals surface area contributed by atoms with E-state index in [9.17, 15) is 9.90 Å². The molecule has 2 N–H and O–H groups in total. The summed E-state index contributed by atoms with van der Waals surface area (Å²) in [5.41, 5.74) is 1.13. The number of rotatable bonds is 6. The van der Waals surface area contributed by atoms with Crippen molar-refractivity contribution in [3.05, 3.63) is 66.2 Å². The molecule has 0 saturated heterocycles. The van der Waals surface area contributed by atoms with Crippen molar-refractivity contribution in [2.45, 2.75) is 37.9 Å². The number of benzene rings is 2. The fraction of sp³-hybridized carbons (Fsp3) is 0.348. The standard InChI is InChI=1S/C23H24O4/c24-22-14-12-18(21(22)16-23(25)26)11-13-20(15-17-7-3-1-4-8-17)27-19-9-5-2-6-10-19/h1-10,18,20-22,24H,12,14-16H2,(H,25,26). The van der Waals surface area contributed by atoms with E-state index in [-0.39, 0.29) is 24.4 Å². The van der Waals surface area contributed by atoms with E-state index in [4.69, 9.17) is 9.84 Å². The molecule has 1 fully saturated rings. The molecule has 0 bridgehead atoms. The number of carbonyl (C=O) groups is 1. The summed E-state index contributed by atoms with van der Waals surface area (Å²) < 4.78 is 6.07. The average molecular weight is 364 g/mol. The van der Waals surface area contributed by atoms with E-state index in [1.54, 1.807) is 0 Å². The summed E-state index contributed by atoms with van der Waals surface area (Å²) in [6.45, 7) is 0. The molecule has 2 aromatic carbocycles. The quantitative estimate of drug-likeness (QED) is 0.770. The Balaban J connectivity index is 1.76. The zero-order valence-corrected chi connectivity index (χ0v) is 15.1. The Kier molecular flexibility index (Phi) is 6.51. The number of aliphatic hydroxyl groups is 1. The van der Waals surface area contributed by atoms with E-state index in [1.165, 1.54) is 0 Å². The molecular weight excluding hydrogens is 340 g/mol. The second-order valence-corrected chi connectivity index (χ2v) is 6.91. The fourth-order valence-electron chi connectivity index (χ4n) is 3.52. The van der Waals surface area contributed by atoms with Gasteiger partial charge in [-0.05, 0) is 30.5 Å². The number of carboxylic acids is 1. The van der Waals surface area contributed by atoms with Crippen molar-refractivity contribution < 1.29 is 19.7 Å². The Morgan fingerprint density at radius 3 is 2.41 bits per heavy atom. The Bertz CT molecular complexity index is 750. The minimum Gasteiger partial charge on any atom is -0.481 e. The van der Waals surface area contributed by atoms with Gasteiger partial charge in [-0.1, -0.05) is 60.4 Å². The van der Waals surface area contributed by atoms with Crippen molar-refractivity contribution in [2.24, 2.45) is 11.8 Å². The van der Waals surface area contributed by atoms with E-state index in [0.717, 1.165) is 17.7 Å². The first-order valence-corrected chi connectivity index (χ1v) is 9.28. The third kappa shape index (κ3) is 5.60. The van der Waals surface area contributed by atoms with Crippen LogP contribution in [0.25, 0.3) is 0 Å². The van der Waals surface area contributed by atoms with Gasteiger partial charge in [0.2, 0.25) is 0 Å². The number of para-hydroxylation sites is 1. The van der Waals surface area contributed by atoms with Gasteiger partial charge in [0.15, 0.2) is 6.10 Å². The molecule has 4 atom stereocenters. The van der Waals surface area contributed by atoms with Crippen LogP contribution in [0.3, 0.4) is 0 Å². The molecule has 27 heavy (non-hydrogen) atoms. The summed E-state index contributed by atoms with van der Waals surface area (Å²) >= 11 is 0. The first kappa shape index (κ1) is 19.0. The first-order valence-electron chi connectivity index (χ1n) is 9.28. The van der Waals surface area contributed by atoms with Crippen LogP contribution in [0.1, 0.15) is 24.8 Å². The molecule has 1 aliphatic rings. The summed E-state index contributed by atoms with van der Waals surface area (Å²) in [4.78, 5) is 11.1. The maximum atomic E-state index is 11.1. The van der Waals surface area contributed by atoms with E-state index >= 15 is 0 Å². The lowest BCUT2D eigenvalue weighted by Gasteiger charge is -2.17. The van der Waals surface area contributed by atoms with Crippen LogP contribution in [0.15, 0.2) is 60.7 Å². The predicted molar refractivity (Wildman–Crippen MR) is 103 cm³/mol. The normalized spacial score (nSPS) is 22.5. The van der Waals surface area contributed by atoms with Gasteiger partial charge in [-0.15, -0.1) is 0 Å². The zero-order chi connectivity index (χ0) is 19.1. The Labute approximate surface area is 159 Å². The summed E-state index contributed by atoms with van der Waals surface area (Å²) in [6.07, 6.45) is 0.974. The van der Waals surface area contributed by atoms with E-state index < -0.39 is 12.1 Å². The van der Waals surface area contributed by atoms with Gasteiger partial charge in [0, 0.05) is 18.3 Å². The number of hydrogen-bond donors (Lipinski definition) is 2. The van der Waals surface area contributed by atoms with Crippen molar-refractivity contribution in [3.8, 4) is 17.6 Å². The summed E-state index contributed by atoms with van der Waals surface area (Å²) in [7, 11) is 0. The van der Waals surface area contributed by atoms with E-state index in [1.807, 2.05) is 60.7 Å². The maximum Gasteiger partial charge on any atom is 0.303 e. The van der Waals surface area contributed by atoms with Crippen molar-refractivity contribution in [1.29, 1.82) is 0 Å². The molecule has 0 radical (unpaired) electrons. The monoisotopic (exact) mass is 364 g/mol. The Morgan fingerprint density at radius 2 is 1.74 bits per heavy atom. The topological polar surface area (TPSA) is 66.8 Å². The molecule has 0 spiro atoms. The molecule has 0 heterocycles. The van der Waals surface area contributed by atoms with Crippen LogP contribution in [0.4, 0.5) is 0 Å².